The number of rotatable bonds is 8. The number of ketones is 1. The minimum Gasteiger partial charge on any atom is -0.453 e. The highest BCUT2D eigenvalue weighted by atomic mass is 32.2. The SMILES string of the molecule is CCCCN(c1ccccc1)S(=O)(=O)c1ccc2oc(C(=O)CC#N)cc2c1. The smallest absolute Gasteiger partial charge is 0.264 e. The van der Waals surface area contributed by atoms with E-state index < -0.39 is 15.8 Å². The van der Waals surface area contributed by atoms with Gasteiger partial charge in [-0.25, -0.2) is 8.42 Å². The van der Waals surface area contributed by atoms with Crippen LogP contribution in [0.1, 0.15) is 36.7 Å². The number of carbonyl (C=O) groups is 1. The van der Waals surface area contributed by atoms with Crippen LogP contribution in [0.3, 0.4) is 0 Å². The number of hydrogen-bond donors (Lipinski definition) is 0. The first kappa shape index (κ1) is 19.6. The van der Waals surface area contributed by atoms with Crippen molar-refractivity contribution in [1.82, 2.24) is 0 Å². The number of para-hydroxylation sites is 1. The third kappa shape index (κ3) is 3.92. The molecule has 0 bridgehead atoms. The lowest BCUT2D eigenvalue weighted by molar-refractivity contribution is 0.0973. The molecule has 0 N–H and O–H groups in total. The molecule has 7 heteroatoms. The summed E-state index contributed by atoms with van der Waals surface area (Å²) in [5, 5.41) is 9.17. The van der Waals surface area contributed by atoms with Crippen LogP contribution in [0.25, 0.3) is 11.0 Å². The lowest BCUT2D eigenvalue weighted by Gasteiger charge is -2.24. The van der Waals surface area contributed by atoms with Gasteiger partial charge in [-0.15, -0.1) is 0 Å². The first-order valence-electron chi connectivity index (χ1n) is 8.99. The maximum absolute atomic E-state index is 13.3. The molecule has 0 aliphatic rings. The van der Waals surface area contributed by atoms with E-state index in [4.69, 9.17) is 9.68 Å². The molecule has 0 aliphatic carbocycles. The molecule has 0 saturated heterocycles. The molecule has 3 rings (SSSR count). The van der Waals surface area contributed by atoms with Gasteiger partial charge in [0.05, 0.1) is 16.7 Å². The number of benzene rings is 2. The average molecular weight is 396 g/mol. The Labute approximate surface area is 164 Å². The Kier molecular flexibility index (Phi) is 5.81. The zero-order valence-corrected chi connectivity index (χ0v) is 16.3. The van der Waals surface area contributed by atoms with Crippen molar-refractivity contribution in [1.29, 1.82) is 5.26 Å². The van der Waals surface area contributed by atoms with E-state index in [1.165, 1.54) is 28.6 Å². The average Bonchev–Trinajstić information content (AvgIpc) is 3.13. The summed E-state index contributed by atoms with van der Waals surface area (Å²) >= 11 is 0. The van der Waals surface area contributed by atoms with Gasteiger partial charge in [0.1, 0.15) is 12.0 Å². The van der Waals surface area contributed by atoms with Gasteiger partial charge in [-0.05, 0) is 42.8 Å². The summed E-state index contributed by atoms with van der Waals surface area (Å²) in [6.07, 6.45) is 1.31. The van der Waals surface area contributed by atoms with Crippen LogP contribution in [0.2, 0.25) is 0 Å². The molecule has 0 amide bonds. The van der Waals surface area contributed by atoms with Crippen molar-refractivity contribution in [3.05, 3.63) is 60.4 Å². The molecule has 1 aromatic heterocycles. The maximum Gasteiger partial charge on any atom is 0.264 e. The molecule has 0 saturated carbocycles. The summed E-state index contributed by atoms with van der Waals surface area (Å²) in [6, 6.07) is 16.7. The fourth-order valence-electron chi connectivity index (χ4n) is 2.89. The van der Waals surface area contributed by atoms with Crippen LogP contribution in [0, 0.1) is 11.3 Å². The zero-order chi connectivity index (χ0) is 20.1. The van der Waals surface area contributed by atoms with Crippen LogP contribution >= 0.6 is 0 Å². The summed E-state index contributed by atoms with van der Waals surface area (Å²) in [7, 11) is -3.78. The third-order valence-electron chi connectivity index (χ3n) is 4.35. The molecule has 28 heavy (non-hydrogen) atoms. The zero-order valence-electron chi connectivity index (χ0n) is 15.5. The van der Waals surface area contributed by atoms with Gasteiger partial charge in [-0.2, -0.15) is 5.26 Å². The fraction of sp³-hybridized carbons (Fsp3) is 0.238. The van der Waals surface area contributed by atoms with Crippen LogP contribution in [-0.4, -0.2) is 20.7 Å². The number of carbonyl (C=O) groups excluding carboxylic acids is 1. The molecular formula is C21H20N2O4S. The second-order valence-electron chi connectivity index (χ2n) is 6.33. The molecular weight excluding hydrogens is 376 g/mol. The maximum atomic E-state index is 13.3. The highest BCUT2D eigenvalue weighted by molar-refractivity contribution is 7.92. The lowest BCUT2D eigenvalue weighted by Crippen LogP contribution is -2.32. The quantitative estimate of drug-likeness (QED) is 0.522. The van der Waals surface area contributed by atoms with Gasteiger partial charge in [0.2, 0.25) is 5.78 Å². The van der Waals surface area contributed by atoms with Crippen LogP contribution in [0.4, 0.5) is 5.69 Å². The summed E-state index contributed by atoms with van der Waals surface area (Å²) in [4.78, 5) is 12.0. The highest BCUT2D eigenvalue weighted by Crippen LogP contribution is 2.28. The van der Waals surface area contributed by atoms with Gasteiger partial charge < -0.3 is 4.42 Å². The molecule has 6 nitrogen and oxygen atoms in total. The van der Waals surface area contributed by atoms with Crippen molar-refractivity contribution >= 4 is 32.5 Å². The van der Waals surface area contributed by atoms with Gasteiger partial charge in [0, 0.05) is 11.9 Å². The van der Waals surface area contributed by atoms with E-state index in [0.29, 0.717) is 23.2 Å². The van der Waals surface area contributed by atoms with Crippen LogP contribution in [0.15, 0.2) is 63.9 Å². The molecule has 0 aliphatic heterocycles. The van der Waals surface area contributed by atoms with E-state index in [2.05, 4.69) is 0 Å². The van der Waals surface area contributed by atoms with Gasteiger partial charge in [0.25, 0.3) is 10.0 Å². The molecule has 0 spiro atoms. The van der Waals surface area contributed by atoms with Crippen molar-refractivity contribution in [3.8, 4) is 6.07 Å². The van der Waals surface area contributed by atoms with E-state index in [1.807, 2.05) is 13.0 Å². The van der Waals surface area contributed by atoms with E-state index >= 15 is 0 Å². The Morgan fingerprint density at radius 2 is 1.89 bits per heavy atom. The van der Waals surface area contributed by atoms with Gasteiger partial charge >= 0.3 is 0 Å². The predicted molar refractivity (Wildman–Crippen MR) is 107 cm³/mol. The van der Waals surface area contributed by atoms with E-state index in [0.717, 1.165) is 12.8 Å². The Bertz CT molecular complexity index is 1130. The van der Waals surface area contributed by atoms with E-state index in [9.17, 15) is 13.2 Å². The number of anilines is 1. The number of nitrogens with zero attached hydrogens (tertiary/aromatic N) is 2. The summed E-state index contributed by atoms with van der Waals surface area (Å²) in [5.74, 6) is -0.381. The Balaban J connectivity index is 2.02. The summed E-state index contributed by atoms with van der Waals surface area (Å²) < 4.78 is 33.5. The molecule has 0 unspecified atom stereocenters. The highest BCUT2D eigenvalue weighted by Gasteiger charge is 2.25. The molecule has 3 aromatic rings. The largest absolute Gasteiger partial charge is 0.453 e. The molecule has 144 valence electrons. The molecule has 0 atom stereocenters. The first-order valence-corrected chi connectivity index (χ1v) is 10.4. The number of sulfonamides is 1. The number of nitriles is 1. The topological polar surface area (TPSA) is 91.4 Å². The lowest BCUT2D eigenvalue weighted by atomic mass is 10.2. The Hall–Kier alpha value is -3.11. The number of Topliss-reactive ketones (excluding diaryl/α,β-unsaturated/α-hetero) is 1. The van der Waals surface area contributed by atoms with Crippen LogP contribution in [-0.2, 0) is 10.0 Å². The van der Waals surface area contributed by atoms with Gasteiger partial charge in [-0.3, -0.25) is 9.10 Å². The number of fused-ring (bicyclic) bond motifs is 1. The number of furan rings is 1. The van der Waals surface area contributed by atoms with E-state index in [-0.39, 0.29) is 17.1 Å². The Morgan fingerprint density at radius 1 is 1.14 bits per heavy atom. The number of hydrogen-bond acceptors (Lipinski definition) is 5. The minimum absolute atomic E-state index is 0.0528. The summed E-state index contributed by atoms with van der Waals surface area (Å²) in [5.41, 5.74) is 1.01. The Morgan fingerprint density at radius 3 is 2.57 bits per heavy atom. The van der Waals surface area contributed by atoms with Crippen LogP contribution < -0.4 is 4.31 Å². The fourth-order valence-corrected chi connectivity index (χ4v) is 4.43. The van der Waals surface area contributed by atoms with Crippen molar-refractivity contribution in [3.63, 3.8) is 0 Å². The van der Waals surface area contributed by atoms with Crippen molar-refractivity contribution in [2.24, 2.45) is 0 Å². The van der Waals surface area contributed by atoms with Crippen molar-refractivity contribution in [2.45, 2.75) is 31.1 Å². The molecule has 0 radical (unpaired) electrons. The van der Waals surface area contributed by atoms with Crippen LogP contribution in [0.5, 0.6) is 0 Å². The first-order chi connectivity index (χ1) is 13.5. The second-order valence-corrected chi connectivity index (χ2v) is 8.20. The standard InChI is InChI=1S/C21H20N2O4S/c1-2-3-13-23(17-7-5-4-6-8-17)28(25,26)18-9-10-20-16(14-18)15-21(27-20)19(24)11-12-22/h4-10,14-15H,2-3,11,13H2,1H3. The molecule has 0 fully saturated rings. The summed E-state index contributed by atoms with van der Waals surface area (Å²) in [6.45, 7) is 2.38. The van der Waals surface area contributed by atoms with Gasteiger partial charge in [0.15, 0.2) is 5.76 Å². The molecule has 1 heterocycles. The normalized spacial score (nSPS) is 11.3. The second kappa shape index (κ2) is 8.28. The van der Waals surface area contributed by atoms with Crippen molar-refractivity contribution < 1.29 is 17.6 Å². The van der Waals surface area contributed by atoms with Crippen molar-refractivity contribution in [2.75, 3.05) is 10.8 Å². The number of unbranched alkanes of at least 4 members (excludes halogenated alkanes) is 1. The van der Waals surface area contributed by atoms with Gasteiger partial charge in [-0.1, -0.05) is 31.5 Å². The monoisotopic (exact) mass is 396 g/mol. The minimum atomic E-state index is -3.78. The molecule has 2 aromatic carbocycles. The van der Waals surface area contributed by atoms with E-state index in [1.54, 1.807) is 30.3 Å². The third-order valence-corrected chi connectivity index (χ3v) is 6.17. The predicted octanol–water partition coefficient (Wildman–Crippen LogP) is 4.52.